The third kappa shape index (κ3) is 7.43. The van der Waals surface area contributed by atoms with E-state index in [1.807, 2.05) is 62.3 Å². The quantitative estimate of drug-likeness (QED) is 0.128. The molecule has 4 aliphatic rings. The van der Waals surface area contributed by atoms with Gasteiger partial charge in [0.2, 0.25) is 11.8 Å². The van der Waals surface area contributed by atoms with Gasteiger partial charge in [0.15, 0.2) is 0 Å². The van der Waals surface area contributed by atoms with E-state index in [1.165, 1.54) is 14.2 Å². The van der Waals surface area contributed by atoms with E-state index in [2.05, 4.69) is 44.9 Å². The number of aliphatic imine (C=N–C) groups is 2. The number of nitrogens with zero attached hydrogens (tertiary/aromatic N) is 6. The summed E-state index contributed by atoms with van der Waals surface area (Å²) < 4.78 is 9.58. The molecule has 4 N–H and O–H groups in total. The van der Waals surface area contributed by atoms with Gasteiger partial charge < -0.3 is 39.9 Å². The minimum atomic E-state index is -0.712. The van der Waals surface area contributed by atoms with Gasteiger partial charge in [0, 0.05) is 55.1 Å². The first-order valence-corrected chi connectivity index (χ1v) is 20.8. The maximum absolute atomic E-state index is 13.7. The minimum absolute atomic E-state index is 0.122. The number of rotatable bonds is 11. The third-order valence-electron chi connectivity index (χ3n) is 12.1. The monoisotopic (exact) mass is 816 g/mol. The number of nitrogens with one attached hydrogen (secondary N) is 4. The summed E-state index contributed by atoms with van der Waals surface area (Å²) in [6.45, 7) is 8.76. The Hall–Kier alpha value is -6.32. The number of amides is 4. The molecule has 0 bridgehead atoms. The van der Waals surface area contributed by atoms with Crippen LogP contribution in [-0.4, -0.2) is 106 Å². The first kappa shape index (κ1) is 40.5. The zero-order valence-electron chi connectivity index (χ0n) is 34.9. The molecule has 16 heteroatoms. The van der Waals surface area contributed by atoms with E-state index in [-0.39, 0.29) is 35.7 Å². The number of ether oxygens (including phenoxy) is 2. The second-order valence-electron chi connectivity index (χ2n) is 16.5. The molecule has 2 aromatic carbocycles. The Morgan fingerprint density at radius 1 is 0.650 bits per heavy atom. The molecule has 2 saturated heterocycles. The average Bonchev–Trinajstić information content (AvgIpc) is 4.10. The Bertz CT molecular complexity index is 2380. The summed E-state index contributed by atoms with van der Waals surface area (Å²) >= 11 is 0. The number of H-pyrrole nitrogens is 2. The van der Waals surface area contributed by atoms with E-state index in [0.717, 1.165) is 81.8 Å². The predicted molar refractivity (Wildman–Crippen MR) is 226 cm³/mol. The van der Waals surface area contributed by atoms with Crippen LogP contribution in [0.2, 0.25) is 0 Å². The predicted octanol–water partition coefficient (Wildman–Crippen LogP) is 6.74. The highest BCUT2D eigenvalue weighted by Crippen LogP contribution is 2.47. The zero-order chi connectivity index (χ0) is 42.2. The van der Waals surface area contributed by atoms with E-state index in [4.69, 9.17) is 29.4 Å². The van der Waals surface area contributed by atoms with Crippen LogP contribution >= 0.6 is 0 Å². The number of carbonyl (C=O) groups excluding carboxylic acids is 4. The lowest BCUT2D eigenvalue weighted by atomic mass is 9.90. The van der Waals surface area contributed by atoms with Crippen molar-refractivity contribution in [2.75, 3.05) is 27.3 Å². The summed E-state index contributed by atoms with van der Waals surface area (Å²) in [4.78, 5) is 81.5. The molecule has 314 valence electrons. The fourth-order valence-corrected chi connectivity index (χ4v) is 9.05. The van der Waals surface area contributed by atoms with Crippen LogP contribution in [0.1, 0.15) is 88.2 Å². The van der Waals surface area contributed by atoms with E-state index < -0.39 is 24.3 Å². The van der Waals surface area contributed by atoms with Crippen molar-refractivity contribution in [2.24, 2.45) is 21.8 Å². The molecule has 4 atom stereocenters. The molecule has 8 rings (SSSR count). The van der Waals surface area contributed by atoms with Gasteiger partial charge in [-0.15, -0.1) is 0 Å². The van der Waals surface area contributed by atoms with E-state index >= 15 is 0 Å². The molecule has 2 aromatic heterocycles. The van der Waals surface area contributed by atoms with Crippen molar-refractivity contribution < 1.29 is 28.7 Å². The number of hydrogen-bond acceptors (Lipinski definition) is 10. The van der Waals surface area contributed by atoms with Crippen LogP contribution in [0, 0.1) is 11.8 Å². The first-order valence-electron chi connectivity index (χ1n) is 20.8. The van der Waals surface area contributed by atoms with Crippen molar-refractivity contribution >= 4 is 47.8 Å². The van der Waals surface area contributed by atoms with Crippen LogP contribution in [0.5, 0.6) is 0 Å². The second kappa shape index (κ2) is 16.7. The molecule has 16 nitrogen and oxygen atoms in total. The molecule has 0 aliphatic carbocycles. The number of alkyl carbamates (subject to hydrolysis) is 2. The van der Waals surface area contributed by atoms with Crippen molar-refractivity contribution in [1.82, 2.24) is 40.4 Å². The number of fused-ring (bicyclic) bond motifs is 2. The largest absolute Gasteiger partial charge is 0.453 e. The van der Waals surface area contributed by atoms with Crippen molar-refractivity contribution in [2.45, 2.75) is 90.4 Å². The average molecular weight is 817 g/mol. The number of imidazole rings is 2. The van der Waals surface area contributed by atoms with Gasteiger partial charge in [0.1, 0.15) is 23.7 Å². The van der Waals surface area contributed by atoms with Crippen LogP contribution in [-0.2, 0) is 31.9 Å². The summed E-state index contributed by atoms with van der Waals surface area (Å²) in [6, 6.07) is 6.51. The number of benzene rings is 2. The lowest BCUT2D eigenvalue weighted by Crippen LogP contribution is -2.51. The second-order valence-corrected chi connectivity index (χ2v) is 16.5. The van der Waals surface area contributed by atoms with Gasteiger partial charge >= 0.3 is 12.2 Å². The smallest absolute Gasteiger partial charge is 0.407 e. The molecule has 4 aromatic rings. The van der Waals surface area contributed by atoms with Crippen LogP contribution in [0.15, 0.2) is 46.6 Å². The van der Waals surface area contributed by atoms with Gasteiger partial charge in [-0.3, -0.25) is 19.6 Å². The molecule has 60 heavy (non-hydrogen) atoms. The molecule has 0 saturated carbocycles. The molecule has 4 aliphatic heterocycles. The lowest BCUT2D eigenvalue weighted by Gasteiger charge is -2.30. The molecule has 2 fully saturated rings. The summed E-state index contributed by atoms with van der Waals surface area (Å²) in [5, 5.41) is 5.42. The normalized spacial score (nSPS) is 18.9. The highest BCUT2D eigenvalue weighted by molar-refractivity contribution is 5.98. The number of hydrogen-bond donors (Lipinski definition) is 4. The highest BCUT2D eigenvalue weighted by Gasteiger charge is 2.39. The van der Waals surface area contributed by atoms with Gasteiger partial charge in [-0.1, -0.05) is 52.0 Å². The maximum Gasteiger partial charge on any atom is 0.407 e. The van der Waals surface area contributed by atoms with Gasteiger partial charge in [-0.05, 0) is 54.2 Å². The van der Waals surface area contributed by atoms with Crippen molar-refractivity contribution in [3.05, 3.63) is 59.4 Å². The highest BCUT2D eigenvalue weighted by atomic mass is 16.5. The number of aromatic nitrogens is 4. The molecule has 0 radical (unpaired) electrons. The molecular weight excluding hydrogens is 765 g/mol. The molecule has 6 heterocycles. The van der Waals surface area contributed by atoms with Crippen LogP contribution < -0.4 is 10.6 Å². The fourth-order valence-electron chi connectivity index (χ4n) is 9.05. The fraction of sp³-hybridized carbons (Fsp3) is 0.455. The molecule has 0 unspecified atom stereocenters. The lowest BCUT2D eigenvalue weighted by molar-refractivity contribution is -0.136. The van der Waals surface area contributed by atoms with Gasteiger partial charge in [-0.25, -0.2) is 19.6 Å². The van der Waals surface area contributed by atoms with Crippen molar-refractivity contribution in [3.63, 3.8) is 0 Å². The Kier molecular flexibility index (Phi) is 11.3. The standard InChI is InChI=1S/C44H52N10O6/c1-23(2)35(51-43(57)59-5)41(55)53-19-7-9-33(53)39-47-21-31(49-39)26-12-13-27(37-29(26)16-18-45-37)25-11-14-30(38-28(25)15-17-46-38)32-22-48-40(50-32)34-10-8-20-54(34)42(56)36(24(3)4)52-44(58)60-6/h11-14,17-18,21-24,33-36H,7-10,15-16,19-20H2,1-6H3,(H,47,49)(H,48,50)(H,51,57)(H,52,58)/t33-,34-,35-,36-/m0/s1. The molecule has 4 amide bonds. The number of likely N-dealkylation sites (tertiary alicyclic amines) is 2. The van der Waals surface area contributed by atoms with Crippen molar-refractivity contribution in [1.29, 1.82) is 0 Å². The first-order chi connectivity index (χ1) is 29.0. The van der Waals surface area contributed by atoms with Gasteiger partial charge in [0.25, 0.3) is 0 Å². The molecular formula is C44H52N10O6. The maximum atomic E-state index is 13.7. The summed E-state index contributed by atoms with van der Waals surface area (Å²) in [5.74, 6) is 0.858. The summed E-state index contributed by atoms with van der Waals surface area (Å²) in [6.07, 6.45) is 10.8. The van der Waals surface area contributed by atoms with E-state index in [9.17, 15) is 19.2 Å². The van der Waals surface area contributed by atoms with E-state index in [0.29, 0.717) is 37.6 Å². The minimum Gasteiger partial charge on any atom is -0.453 e. The van der Waals surface area contributed by atoms with Gasteiger partial charge in [0.05, 0.1) is 61.5 Å². The number of carbonyl (C=O) groups is 4. The van der Waals surface area contributed by atoms with Crippen LogP contribution in [0.3, 0.4) is 0 Å². The molecule has 0 spiro atoms. The Labute approximate surface area is 348 Å². The SMILES string of the molecule is COC(=O)N[C@H](C(=O)N1CCC[C@H]1c1ncc(-c2ccc(-c3ccc(-c4cnc([C@@H]5CCCN5C(=O)[C@@H](NC(=O)OC)C(C)C)[nH]4)c4c3CC=N4)c3c2CC=N3)[nH]1)C(C)C. The van der Waals surface area contributed by atoms with Gasteiger partial charge in [-0.2, -0.15) is 0 Å². The van der Waals surface area contributed by atoms with E-state index in [1.54, 1.807) is 0 Å². The topological polar surface area (TPSA) is 199 Å². The van der Waals surface area contributed by atoms with Crippen molar-refractivity contribution in [3.8, 4) is 33.6 Å². The third-order valence-corrected chi connectivity index (χ3v) is 12.1. The number of aromatic amines is 2. The Balaban J connectivity index is 1.04. The summed E-state index contributed by atoms with van der Waals surface area (Å²) in [5.41, 5.74) is 9.65. The van der Waals surface area contributed by atoms with Crippen LogP contribution in [0.25, 0.3) is 33.6 Å². The zero-order valence-corrected chi connectivity index (χ0v) is 34.9. The Morgan fingerprint density at radius 3 is 1.58 bits per heavy atom. The summed E-state index contributed by atoms with van der Waals surface area (Å²) in [7, 11) is 2.58. The number of methoxy groups -OCH3 is 2. The van der Waals surface area contributed by atoms with Crippen LogP contribution in [0.4, 0.5) is 21.0 Å². The Morgan fingerprint density at radius 2 is 1.08 bits per heavy atom.